The van der Waals surface area contributed by atoms with Crippen molar-refractivity contribution in [2.24, 2.45) is 5.92 Å². The van der Waals surface area contributed by atoms with Crippen molar-refractivity contribution in [3.63, 3.8) is 0 Å². The highest BCUT2D eigenvalue weighted by Crippen LogP contribution is 2.32. The number of rotatable bonds is 3. The van der Waals surface area contributed by atoms with E-state index in [0.29, 0.717) is 11.7 Å². The van der Waals surface area contributed by atoms with Gasteiger partial charge in [0.1, 0.15) is 17.2 Å². The Kier molecular flexibility index (Phi) is 3.31. The highest BCUT2D eigenvalue weighted by atomic mass is 16.5. The highest BCUT2D eigenvalue weighted by molar-refractivity contribution is 6.09. The van der Waals surface area contributed by atoms with Crippen LogP contribution in [-0.4, -0.2) is 34.6 Å². The second kappa shape index (κ2) is 5.46. The number of nitrogen functional groups attached to an aromatic ring is 1. The lowest BCUT2D eigenvalue weighted by Gasteiger charge is -2.22. The van der Waals surface area contributed by atoms with Crippen LogP contribution >= 0.6 is 0 Å². The molecule has 0 bridgehead atoms. The van der Waals surface area contributed by atoms with Crippen molar-refractivity contribution < 1.29 is 4.74 Å². The maximum absolute atomic E-state index is 6.12. The smallest absolute Gasteiger partial charge is 0.142 e. The molecule has 4 rings (SSSR count). The molecule has 0 atom stereocenters. The molecule has 1 saturated heterocycles. The Labute approximate surface area is 128 Å². The number of ether oxygens (including phenoxy) is 1. The number of hydrogen-bond donors (Lipinski definition) is 3. The number of nitrogens with zero attached hydrogens (tertiary/aromatic N) is 2. The van der Waals surface area contributed by atoms with E-state index in [9.17, 15) is 0 Å². The SMILES string of the molecule is Nc1cc2c(cn1)[nH]c1nccc(OCC3CCNCC3)c12. The van der Waals surface area contributed by atoms with Gasteiger partial charge >= 0.3 is 0 Å². The van der Waals surface area contributed by atoms with Crippen molar-refractivity contribution in [3.05, 3.63) is 24.5 Å². The molecule has 22 heavy (non-hydrogen) atoms. The van der Waals surface area contributed by atoms with Crippen LogP contribution in [0.4, 0.5) is 5.82 Å². The average Bonchev–Trinajstić information content (AvgIpc) is 2.92. The summed E-state index contributed by atoms with van der Waals surface area (Å²) >= 11 is 0. The fourth-order valence-corrected chi connectivity index (χ4v) is 3.08. The van der Waals surface area contributed by atoms with E-state index in [2.05, 4.69) is 20.3 Å². The first-order chi connectivity index (χ1) is 10.8. The molecule has 0 saturated carbocycles. The number of pyridine rings is 2. The van der Waals surface area contributed by atoms with Crippen molar-refractivity contribution in [1.29, 1.82) is 0 Å². The van der Waals surface area contributed by atoms with Gasteiger partial charge in [-0.1, -0.05) is 0 Å². The predicted molar refractivity (Wildman–Crippen MR) is 86.9 cm³/mol. The van der Waals surface area contributed by atoms with Crippen molar-refractivity contribution >= 4 is 27.8 Å². The highest BCUT2D eigenvalue weighted by Gasteiger charge is 2.16. The molecule has 0 unspecified atom stereocenters. The van der Waals surface area contributed by atoms with Gasteiger partial charge in [-0.05, 0) is 44.0 Å². The van der Waals surface area contributed by atoms with Gasteiger partial charge in [-0.15, -0.1) is 0 Å². The summed E-state index contributed by atoms with van der Waals surface area (Å²) in [6.45, 7) is 2.90. The fourth-order valence-electron chi connectivity index (χ4n) is 3.08. The van der Waals surface area contributed by atoms with Crippen LogP contribution in [0.15, 0.2) is 24.5 Å². The number of aromatic amines is 1. The van der Waals surface area contributed by atoms with Crippen LogP contribution in [0.5, 0.6) is 5.75 Å². The van der Waals surface area contributed by atoms with Gasteiger partial charge in [0.2, 0.25) is 0 Å². The number of H-pyrrole nitrogens is 1. The zero-order valence-corrected chi connectivity index (χ0v) is 12.3. The van der Waals surface area contributed by atoms with Gasteiger partial charge in [0, 0.05) is 11.6 Å². The van der Waals surface area contributed by atoms with E-state index in [1.54, 1.807) is 12.4 Å². The first-order valence-corrected chi connectivity index (χ1v) is 7.66. The van der Waals surface area contributed by atoms with Crippen LogP contribution in [0, 0.1) is 5.92 Å². The lowest BCUT2D eigenvalue weighted by Crippen LogP contribution is -2.30. The van der Waals surface area contributed by atoms with E-state index in [4.69, 9.17) is 10.5 Å². The van der Waals surface area contributed by atoms with Gasteiger partial charge < -0.3 is 20.8 Å². The van der Waals surface area contributed by atoms with Crippen LogP contribution in [0.25, 0.3) is 21.9 Å². The van der Waals surface area contributed by atoms with E-state index >= 15 is 0 Å². The summed E-state index contributed by atoms with van der Waals surface area (Å²) in [5, 5.41) is 5.37. The topological polar surface area (TPSA) is 88.9 Å². The first-order valence-electron chi connectivity index (χ1n) is 7.66. The maximum Gasteiger partial charge on any atom is 0.142 e. The van der Waals surface area contributed by atoms with E-state index in [-0.39, 0.29) is 0 Å². The molecule has 6 heteroatoms. The van der Waals surface area contributed by atoms with Gasteiger partial charge in [0.15, 0.2) is 0 Å². The Hall–Kier alpha value is -2.34. The van der Waals surface area contributed by atoms with Crippen molar-refractivity contribution in [2.75, 3.05) is 25.4 Å². The number of nitrogens with one attached hydrogen (secondary N) is 2. The molecular weight excluding hydrogens is 278 g/mol. The molecule has 3 aromatic heterocycles. The monoisotopic (exact) mass is 297 g/mol. The third-order valence-corrected chi connectivity index (χ3v) is 4.29. The zero-order valence-electron chi connectivity index (χ0n) is 12.3. The average molecular weight is 297 g/mol. The van der Waals surface area contributed by atoms with Crippen molar-refractivity contribution in [2.45, 2.75) is 12.8 Å². The van der Waals surface area contributed by atoms with Crippen LogP contribution in [0.1, 0.15) is 12.8 Å². The third kappa shape index (κ3) is 2.35. The van der Waals surface area contributed by atoms with Crippen LogP contribution < -0.4 is 15.8 Å². The van der Waals surface area contributed by atoms with Crippen molar-refractivity contribution in [3.8, 4) is 5.75 Å². The number of fused-ring (bicyclic) bond motifs is 3. The normalized spacial score (nSPS) is 16.4. The third-order valence-electron chi connectivity index (χ3n) is 4.29. The molecule has 0 radical (unpaired) electrons. The molecule has 1 aliphatic heterocycles. The second-order valence-electron chi connectivity index (χ2n) is 5.82. The minimum absolute atomic E-state index is 0.501. The van der Waals surface area contributed by atoms with Crippen molar-refractivity contribution in [1.82, 2.24) is 20.3 Å². The molecule has 3 aromatic rings. The van der Waals surface area contributed by atoms with E-state index < -0.39 is 0 Å². The lowest BCUT2D eigenvalue weighted by molar-refractivity contribution is 0.217. The quantitative estimate of drug-likeness (QED) is 0.688. The summed E-state index contributed by atoms with van der Waals surface area (Å²) in [4.78, 5) is 11.8. The van der Waals surface area contributed by atoms with Gasteiger partial charge in [-0.25, -0.2) is 9.97 Å². The number of piperidine rings is 1. The van der Waals surface area contributed by atoms with Gasteiger partial charge in [-0.2, -0.15) is 0 Å². The molecule has 6 nitrogen and oxygen atoms in total. The summed E-state index contributed by atoms with van der Waals surface area (Å²) in [5.41, 5.74) is 7.56. The Bertz CT molecular complexity index is 807. The summed E-state index contributed by atoms with van der Waals surface area (Å²) in [6.07, 6.45) is 5.84. The summed E-state index contributed by atoms with van der Waals surface area (Å²) in [6, 6.07) is 3.79. The first kappa shape index (κ1) is 13.3. The van der Waals surface area contributed by atoms with E-state index in [1.807, 2.05) is 12.1 Å². The Morgan fingerprint density at radius 1 is 1.27 bits per heavy atom. The predicted octanol–water partition coefficient (Wildman–Crippen LogP) is 2.07. The summed E-state index contributed by atoms with van der Waals surface area (Å²) in [7, 11) is 0. The number of aromatic nitrogens is 3. The molecule has 4 heterocycles. The summed E-state index contributed by atoms with van der Waals surface area (Å²) in [5.74, 6) is 1.98. The molecule has 1 aliphatic rings. The molecule has 114 valence electrons. The number of anilines is 1. The zero-order chi connectivity index (χ0) is 14.9. The fraction of sp³-hybridized carbons (Fsp3) is 0.375. The van der Waals surface area contributed by atoms with Crippen LogP contribution in [0.3, 0.4) is 0 Å². The van der Waals surface area contributed by atoms with Gasteiger partial charge in [0.05, 0.1) is 23.7 Å². The maximum atomic E-state index is 6.12. The van der Waals surface area contributed by atoms with Gasteiger partial charge in [0.25, 0.3) is 0 Å². The molecule has 0 aromatic carbocycles. The standard InChI is InChI=1S/C16H19N5O/c17-14-7-11-12(8-20-14)21-16-15(11)13(3-6-19-16)22-9-10-1-4-18-5-2-10/h3,6-8,10,18H,1-2,4-5,9H2,(H2,17,20)(H,19,21). The molecule has 0 aliphatic carbocycles. The minimum Gasteiger partial charge on any atom is -0.492 e. The Morgan fingerprint density at radius 3 is 3.00 bits per heavy atom. The molecule has 1 fully saturated rings. The molecule has 0 amide bonds. The molecule has 4 N–H and O–H groups in total. The Balaban J connectivity index is 1.70. The molecular formula is C16H19N5O. The van der Waals surface area contributed by atoms with E-state index in [1.165, 1.54) is 12.8 Å². The van der Waals surface area contributed by atoms with E-state index in [0.717, 1.165) is 47.4 Å². The number of nitrogens with two attached hydrogens (primary N) is 1. The number of hydrogen-bond acceptors (Lipinski definition) is 5. The molecule has 0 spiro atoms. The largest absolute Gasteiger partial charge is 0.492 e. The minimum atomic E-state index is 0.501. The Morgan fingerprint density at radius 2 is 2.14 bits per heavy atom. The van der Waals surface area contributed by atoms with Crippen LogP contribution in [0.2, 0.25) is 0 Å². The summed E-state index contributed by atoms with van der Waals surface area (Å²) < 4.78 is 6.12. The lowest BCUT2D eigenvalue weighted by atomic mass is 9.99. The van der Waals surface area contributed by atoms with Gasteiger partial charge in [-0.3, -0.25) is 0 Å². The second-order valence-corrected chi connectivity index (χ2v) is 5.82. The van der Waals surface area contributed by atoms with Crippen LogP contribution in [-0.2, 0) is 0 Å².